The van der Waals surface area contributed by atoms with Crippen LogP contribution < -0.4 is 0 Å². The summed E-state index contributed by atoms with van der Waals surface area (Å²) in [7, 11) is 0. The molecule has 1 nitrogen and oxygen atoms in total. The highest BCUT2D eigenvalue weighted by Gasteiger charge is 2.10. The summed E-state index contributed by atoms with van der Waals surface area (Å²) in [6, 6.07) is 9.70. The van der Waals surface area contributed by atoms with Crippen molar-refractivity contribution in [3.63, 3.8) is 0 Å². The van der Waals surface area contributed by atoms with E-state index in [9.17, 15) is 4.79 Å². The Hall–Kier alpha value is -0.930. The van der Waals surface area contributed by atoms with E-state index >= 15 is 0 Å². The second-order valence-corrected chi connectivity index (χ2v) is 5.52. The first kappa shape index (κ1) is 11.6. The van der Waals surface area contributed by atoms with Crippen molar-refractivity contribution >= 4 is 33.0 Å². The van der Waals surface area contributed by atoms with Crippen LogP contribution in [0, 0.1) is 6.92 Å². The number of carbonyl (C=O) groups is 1. The molecule has 0 N–H and O–H groups in total. The molecule has 0 aliphatic rings. The molecule has 0 spiro atoms. The largest absolute Gasteiger partial charge is 0.294 e. The van der Waals surface area contributed by atoms with Crippen molar-refractivity contribution in [3.05, 3.63) is 56.2 Å². The zero-order chi connectivity index (χ0) is 11.5. The van der Waals surface area contributed by atoms with Crippen LogP contribution in [-0.4, -0.2) is 5.78 Å². The van der Waals surface area contributed by atoms with Crippen molar-refractivity contribution < 1.29 is 4.79 Å². The molecule has 0 atom stereocenters. The van der Waals surface area contributed by atoms with Crippen molar-refractivity contribution in [2.45, 2.75) is 13.3 Å². The van der Waals surface area contributed by atoms with Crippen LogP contribution in [0.25, 0.3) is 0 Å². The summed E-state index contributed by atoms with van der Waals surface area (Å²) in [6.45, 7) is 2.00. The fourth-order valence-electron chi connectivity index (χ4n) is 1.52. The van der Waals surface area contributed by atoms with Crippen LogP contribution in [-0.2, 0) is 6.42 Å². The summed E-state index contributed by atoms with van der Waals surface area (Å²) in [5.41, 5.74) is 1.91. The van der Waals surface area contributed by atoms with Gasteiger partial charge in [-0.3, -0.25) is 4.79 Å². The Morgan fingerprint density at radius 3 is 2.81 bits per heavy atom. The lowest BCUT2D eigenvalue weighted by Crippen LogP contribution is -2.02. The van der Waals surface area contributed by atoms with Crippen molar-refractivity contribution in [2.24, 2.45) is 0 Å². The third kappa shape index (κ3) is 2.60. The second kappa shape index (κ2) is 4.93. The Kier molecular flexibility index (Phi) is 3.56. The van der Waals surface area contributed by atoms with E-state index < -0.39 is 0 Å². The normalized spacial score (nSPS) is 10.4. The second-order valence-electron chi connectivity index (χ2n) is 3.66. The molecule has 0 unspecified atom stereocenters. The molecule has 0 aliphatic heterocycles. The average Bonchev–Trinajstić information content (AvgIpc) is 2.64. The van der Waals surface area contributed by atoms with Crippen LogP contribution in [0.2, 0.25) is 0 Å². The number of halogens is 1. The lowest BCUT2D eigenvalue weighted by Gasteiger charge is -2.01. The molecule has 1 aromatic carbocycles. The monoisotopic (exact) mass is 294 g/mol. The molecule has 1 heterocycles. The van der Waals surface area contributed by atoms with Crippen molar-refractivity contribution in [1.29, 1.82) is 0 Å². The first-order valence-corrected chi connectivity index (χ1v) is 6.66. The first-order chi connectivity index (χ1) is 7.66. The number of thiophene rings is 1. The van der Waals surface area contributed by atoms with Gasteiger partial charge < -0.3 is 0 Å². The molecule has 2 rings (SSSR count). The highest BCUT2D eigenvalue weighted by atomic mass is 79.9. The number of benzene rings is 1. The van der Waals surface area contributed by atoms with E-state index in [0.717, 1.165) is 20.5 Å². The molecule has 0 saturated heterocycles. The van der Waals surface area contributed by atoms with Gasteiger partial charge in [-0.15, -0.1) is 11.3 Å². The summed E-state index contributed by atoms with van der Waals surface area (Å²) < 4.78 is 1.03. The van der Waals surface area contributed by atoms with E-state index in [0.29, 0.717) is 6.42 Å². The highest BCUT2D eigenvalue weighted by Crippen LogP contribution is 2.24. The molecule has 0 aliphatic carbocycles. The zero-order valence-electron chi connectivity index (χ0n) is 8.87. The number of ketones is 1. The fourth-order valence-corrected chi connectivity index (χ4v) is 3.01. The maximum Gasteiger partial charge on any atom is 0.168 e. The Bertz CT molecular complexity index is 516. The topological polar surface area (TPSA) is 17.1 Å². The van der Waals surface area contributed by atoms with E-state index in [1.165, 1.54) is 0 Å². The lowest BCUT2D eigenvalue weighted by molar-refractivity contribution is 0.0993. The molecule has 82 valence electrons. The molecule has 1 aromatic heterocycles. The van der Waals surface area contributed by atoms with E-state index in [2.05, 4.69) is 15.9 Å². The van der Waals surface area contributed by atoms with Crippen molar-refractivity contribution in [3.8, 4) is 0 Å². The molecular weight excluding hydrogens is 284 g/mol. The van der Waals surface area contributed by atoms with Gasteiger partial charge in [-0.05, 0) is 40.4 Å². The summed E-state index contributed by atoms with van der Waals surface area (Å²) in [4.78, 5) is 13.1. The Balaban J connectivity index is 2.18. The summed E-state index contributed by atoms with van der Waals surface area (Å²) >= 11 is 5.05. The number of rotatable bonds is 3. The Labute approximate surface area is 107 Å². The van der Waals surface area contributed by atoms with E-state index in [-0.39, 0.29) is 5.78 Å². The molecule has 16 heavy (non-hydrogen) atoms. The summed E-state index contributed by atoms with van der Waals surface area (Å²) in [6.07, 6.45) is 0.474. The third-order valence-corrected chi connectivity index (χ3v) is 4.28. The van der Waals surface area contributed by atoms with Gasteiger partial charge in [-0.2, -0.15) is 0 Å². The highest BCUT2D eigenvalue weighted by molar-refractivity contribution is 9.10. The van der Waals surface area contributed by atoms with Crippen LogP contribution >= 0.6 is 27.3 Å². The van der Waals surface area contributed by atoms with Crippen LogP contribution in [0.1, 0.15) is 20.8 Å². The van der Waals surface area contributed by atoms with E-state index in [4.69, 9.17) is 0 Å². The van der Waals surface area contributed by atoms with Gasteiger partial charge in [0.05, 0.1) is 0 Å². The zero-order valence-corrected chi connectivity index (χ0v) is 11.3. The molecule has 0 radical (unpaired) electrons. The predicted octanol–water partition coefficient (Wildman–Crippen LogP) is 4.24. The van der Waals surface area contributed by atoms with Gasteiger partial charge in [0, 0.05) is 21.3 Å². The molecule has 0 amide bonds. The van der Waals surface area contributed by atoms with Gasteiger partial charge in [0.25, 0.3) is 0 Å². The molecule has 0 bridgehead atoms. The van der Waals surface area contributed by atoms with Gasteiger partial charge in [0.2, 0.25) is 0 Å². The van der Waals surface area contributed by atoms with Crippen LogP contribution in [0.15, 0.2) is 40.2 Å². The summed E-state index contributed by atoms with van der Waals surface area (Å²) in [5, 5.41) is 1.99. The summed E-state index contributed by atoms with van der Waals surface area (Å²) in [5.74, 6) is 0.173. The predicted molar refractivity (Wildman–Crippen MR) is 71.2 cm³/mol. The Morgan fingerprint density at radius 1 is 1.38 bits per heavy atom. The average molecular weight is 295 g/mol. The third-order valence-electron chi connectivity index (χ3n) is 2.35. The minimum absolute atomic E-state index is 0.173. The van der Waals surface area contributed by atoms with Crippen LogP contribution in [0.5, 0.6) is 0 Å². The number of hydrogen-bond donors (Lipinski definition) is 0. The minimum Gasteiger partial charge on any atom is -0.294 e. The van der Waals surface area contributed by atoms with Gasteiger partial charge in [0.15, 0.2) is 5.78 Å². The molecule has 2 aromatic rings. The molecule has 3 heteroatoms. The lowest BCUT2D eigenvalue weighted by atomic mass is 10.1. The number of aryl methyl sites for hydroxylation is 1. The minimum atomic E-state index is 0.173. The maximum absolute atomic E-state index is 12.0. The SMILES string of the molecule is Cc1cccc(C(=O)Cc2sccc2Br)c1. The Morgan fingerprint density at radius 2 is 2.19 bits per heavy atom. The number of Topliss-reactive ketones (excluding diaryl/α,β-unsaturated/α-hetero) is 1. The standard InChI is InChI=1S/C13H11BrOS/c1-9-3-2-4-10(7-9)12(15)8-13-11(14)5-6-16-13/h2-7H,8H2,1H3. The molecule has 0 saturated carbocycles. The number of carbonyl (C=O) groups excluding carboxylic acids is 1. The van der Waals surface area contributed by atoms with Crippen LogP contribution in [0.3, 0.4) is 0 Å². The van der Waals surface area contributed by atoms with Gasteiger partial charge in [0.1, 0.15) is 0 Å². The van der Waals surface area contributed by atoms with Crippen molar-refractivity contribution in [2.75, 3.05) is 0 Å². The quantitative estimate of drug-likeness (QED) is 0.774. The smallest absolute Gasteiger partial charge is 0.168 e. The van der Waals surface area contributed by atoms with Gasteiger partial charge in [-0.1, -0.05) is 23.8 Å². The van der Waals surface area contributed by atoms with Gasteiger partial charge in [-0.25, -0.2) is 0 Å². The van der Waals surface area contributed by atoms with Crippen LogP contribution in [0.4, 0.5) is 0 Å². The van der Waals surface area contributed by atoms with E-state index in [1.54, 1.807) is 11.3 Å². The molecular formula is C13H11BrOS. The first-order valence-electron chi connectivity index (χ1n) is 4.98. The fraction of sp³-hybridized carbons (Fsp3) is 0.154. The molecule has 0 fully saturated rings. The van der Waals surface area contributed by atoms with Crippen molar-refractivity contribution in [1.82, 2.24) is 0 Å². The van der Waals surface area contributed by atoms with Gasteiger partial charge >= 0.3 is 0 Å². The number of hydrogen-bond acceptors (Lipinski definition) is 2. The maximum atomic E-state index is 12.0. The van der Waals surface area contributed by atoms with E-state index in [1.807, 2.05) is 42.6 Å².